The van der Waals surface area contributed by atoms with Crippen molar-refractivity contribution in [1.82, 2.24) is 24.5 Å². The van der Waals surface area contributed by atoms with Gasteiger partial charge in [-0.3, -0.25) is 9.78 Å². The molecule has 1 amide bonds. The van der Waals surface area contributed by atoms with E-state index in [4.69, 9.17) is 0 Å². The second-order valence-electron chi connectivity index (χ2n) is 8.27. The lowest BCUT2D eigenvalue weighted by Crippen LogP contribution is -2.14. The molecule has 3 heterocycles. The highest BCUT2D eigenvalue weighted by Crippen LogP contribution is 2.33. The van der Waals surface area contributed by atoms with Gasteiger partial charge in [-0.15, -0.1) is 0 Å². The van der Waals surface area contributed by atoms with Crippen LogP contribution in [0.4, 0.5) is 30.5 Å². The van der Waals surface area contributed by atoms with Gasteiger partial charge in [-0.05, 0) is 67.6 Å². The van der Waals surface area contributed by atoms with Crippen molar-refractivity contribution in [2.45, 2.75) is 13.1 Å². The number of aryl methyl sites for hydroxylation is 1. The van der Waals surface area contributed by atoms with Crippen molar-refractivity contribution in [3.8, 4) is 16.9 Å². The van der Waals surface area contributed by atoms with Crippen molar-refractivity contribution in [2.75, 3.05) is 10.6 Å². The number of carbonyl (C=O) groups is 1. The summed E-state index contributed by atoms with van der Waals surface area (Å²) in [6.45, 7) is 1.67. The number of hydrogen-bond acceptors (Lipinski definition) is 6. The van der Waals surface area contributed by atoms with Gasteiger partial charge in [0.05, 0.1) is 11.3 Å². The van der Waals surface area contributed by atoms with Crippen molar-refractivity contribution < 1.29 is 18.0 Å². The van der Waals surface area contributed by atoms with Crippen LogP contribution < -0.4 is 10.6 Å². The standard InChI is InChI=1S/C27H20F3N7O/c1-17-32-11-12-37(17)23-14-20(27(28,29)30)13-22(15-23)34-25(38)18-4-6-21(7-5-18)35-26-33-10-8-24(36-26)19-3-2-9-31-16-19/h2-16H,1H3,(H,34,38)(H,33,35,36). The zero-order valence-electron chi connectivity index (χ0n) is 19.9. The molecule has 5 rings (SSSR count). The van der Waals surface area contributed by atoms with Gasteiger partial charge in [-0.1, -0.05) is 0 Å². The lowest BCUT2D eigenvalue weighted by Gasteiger charge is -2.14. The van der Waals surface area contributed by atoms with Crippen LogP contribution in [0.3, 0.4) is 0 Å². The molecular weight excluding hydrogens is 495 g/mol. The van der Waals surface area contributed by atoms with Crippen molar-refractivity contribution in [3.05, 3.63) is 109 Å². The van der Waals surface area contributed by atoms with E-state index in [9.17, 15) is 18.0 Å². The minimum absolute atomic E-state index is 0.00995. The first-order valence-corrected chi connectivity index (χ1v) is 11.4. The Morgan fingerprint density at radius 1 is 0.921 bits per heavy atom. The van der Waals surface area contributed by atoms with Crippen LogP contribution >= 0.6 is 0 Å². The van der Waals surface area contributed by atoms with E-state index in [2.05, 4.69) is 30.6 Å². The van der Waals surface area contributed by atoms with Crippen molar-refractivity contribution >= 4 is 23.2 Å². The molecule has 0 atom stereocenters. The van der Waals surface area contributed by atoms with Gasteiger partial charge < -0.3 is 15.2 Å². The number of imidazole rings is 1. The summed E-state index contributed by atoms with van der Waals surface area (Å²) in [6.07, 6.45) is 3.45. The first kappa shape index (κ1) is 24.6. The van der Waals surface area contributed by atoms with E-state index in [1.807, 2.05) is 12.1 Å². The minimum Gasteiger partial charge on any atom is -0.324 e. The minimum atomic E-state index is -4.59. The molecular formula is C27H20F3N7O. The van der Waals surface area contributed by atoms with Gasteiger partial charge in [0.15, 0.2) is 0 Å². The Hall–Kier alpha value is -5.06. The molecule has 0 saturated carbocycles. The second kappa shape index (κ2) is 10.1. The largest absolute Gasteiger partial charge is 0.416 e. The quantitative estimate of drug-likeness (QED) is 0.286. The maximum Gasteiger partial charge on any atom is 0.416 e. The topological polar surface area (TPSA) is 97.6 Å². The van der Waals surface area contributed by atoms with Crippen molar-refractivity contribution in [2.24, 2.45) is 0 Å². The lowest BCUT2D eigenvalue weighted by atomic mass is 10.1. The number of nitrogens with zero attached hydrogens (tertiary/aromatic N) is 5. The molecule has 0 saturated heterocycles. The van der Waals surface area contributed by atoms with Gasteiger partial charge >= 0.3 is 6.18 Å². The van der Waals surface area contributed by atoms with Crippen LogP contribution in [0.1, 0.15) is 21.7 Å². The Morgan fingerprint density at radius 2 is 1.74 bits per heavy atom. The number of aromatic nitrogens is 5. The molecule has 0 radical (unpaired) electrons. The zero-order chi connectivity index (χ0) is 26.7. The Bertz CT molecular complexity index is 1580. The highest BCUT2D eigenvalue weighted by Gasteiger charge is 2.31. The normalized spacial score (nSPS) is 11.3. The number of pyridine rings is 1. The van der Waals surface area contributed by atoms with Gasteiger partial charge in [-0.25, -0.2) is 15.0 Å². The van der Waals surface area contributed by atoms with E-state index >= 15 is 0 Å². The van der Waals surface area contributed by atoms with E-state index in [1.165, 1.54) is 16.8 Å². The predicted octanol–water partition coefficient (Wildman–Crippen LogP) is 6.05. The van der Waals surface area contributed by atoms with Gasteiger partial charge in [0, 0.05) is 59.2 Å². The molecule has 0 spiro atoms. The number of amides is 1. The highest BCUT2D eigenvalue weighted by molar-refractivity contribution is 6.04. The molecule has 190 valence electrons. The number of carbonyl (C=O) groups excluding carboxylic acids is 1. The second-order valence-corrected chi connectivity index (χ2v) is 8.27. The SMILES string of the molecule is Cc1nccn1-c1cc(NC(=O)c2ccc(Nc3nccc(-c4cccnc4)n3)cc2)cc(C(F)(F)F)c1. The molecule has 3 aromatic heterocycles. The average molecular weight is 515 g/mol. The van der Waals surface area contributed by atoms with E-state index < -0.39 is 17.6 Å². The maximum atomic E-state index is 13.5. The Morgan fingerprint density at radius 3 is 2.42 bits per heavy atom. The number of benzene rings is 2. The van der Waals surface area contributed by atoms with Gasteiger partial charge in [0.2, 0.25) is 5.95 Å². The van der Waals surface area contributed by atoms with Gasteiger partial charge in [0.1, 0.15) is 5.82 Å². The summed E-state index contributed by atoms with van der Waals surface area (Å²) in [5.74, 6) is 0.313. The van der Waals surface area contributed by atoms with Crippen molar-refractivity contribution in [3.63, 3.8) is 0 Å². The molecule has 0 unspecified atom stereocenters. The highest BCUT2D eigenvalue weighted by atomic mass is 19.4. The summed E-state index contributed by atoms with van der Waals surface area (Å²) in [4.78, 5) is 29.7. The summed E-state index contributed by atoms with van der Waals surface area (Å²) < 4.78 is 42.1. The fraction of sp³-hybridized carbons (Fsp3) is 0.0741. The molecule has 11 heteroatoms. The summed E-state index contributed by atoms with van der Waals surface area (Å²) in [5, 5.41) is 5.64. The van der Waals surface area contributed by atoms with Crippen molar-refractivity contribution in [1.29, 1.82) is 0 Å². The summed E-state index contributed by atoms with van der Waals surface area (Å²) in [6, 6.07) is 15.3. The Labute approximate surface area is 215 Å². The first-order valence-electron chi connectivity index (χ1n) is 11.4. The fourth-order valence-corrected chi connectivity index (χ4v) is 3.77. The van der Waals surface area contributed by atoms with Crippen LogP contribution in [-0.2, 0) is 6.18 Å². The number of hydrogen-bond donors (Lipinski definition) is 2. The van der Waals surface area contributed by atoms with Crippen LogP contribution in [0, 0.1) is 6.92 Å². The monoisotopic (exact) mass is 515 g/mol. The lowest BCUT2D eigenvalue weighted by molar-refractivity contribution is -0.137. The van der Waals surface area contributed by atoms with Crippen LogP contribution in [0.5, 0.6) is 0 Å². The third kappa shape index (κ3) is 5.51. The first-order chi connectivity index (χ1) is 18.3. The van der Waals surface area contributed by atoms with Crippen LogP contribution in [0.25, 0.3) is 16.9 Å². The molecule has 2 aromatic carbocycles. The zero-order valence-corrected chi connectivity index (χ0v) is 19.9. The summed E-state index contributed by atoms with van der Waals surface area (Å²) >= 11 is 0. The average Bonchev–Trinajstić information content (AvgIpc) is 3.35. The van der Waals surface area contributed by atoms with E-state index in [0.717, 1.165) is 17.7 Å². The number of alkyl halides is 3. The number of nitrogens with one attached hydrogen (secondary N) is 2. The third-order valence-corrected chi connectivity index (χ3v) is 5.62. The van der Waals surface area contributed by atoms with E-state index in [0.29, 0.717) is 23.2 Å². The molecule has 38 heavy (non-hydrogen) atoms. The molecule has 2 N–H and O–H groups in total. The van der Waals surface area contributed by atoms with E-state index in [-0.39, 0.29) is 16.9 Å². The predicted molar refractivity (Wildman–Crippen MR) is 136 cm³/mol. The molecule has 0 bridgehead atoms. The number of rotatable bonds is 6. The third-order valence-electron chi connectivity index (χ3n) is 5.62. The molecule has 0 aliphatic carbocycles. The molecule has 0 fully saturated rings. The van der Waals surface area contributed by atoms with Gasteiger partial charge in [0.25, 0.3) is 5.91 Å². The molecule has 5 aromatic rings. The van der Waals surface area contributed by atoms with Crippen LogP contribution in [-0.4, -0.2) is 30.4 Å². The fourth-order valence-electron chi connectivity index (χ4n) is 3.77. The van der Waals surface area contributed by atoms with E-state index in [1.54, 1.807) is 62.0 Å². The molecule has 0 aliphatic heterocycles. The maximum absolute atomic E-state index is 13.5. The Kier molecular flexibility index (Phi) is 6.56. The van der Waals surface area contributed by atoms with Crippen LogP contribution in [0.15, 0.2) is 91.6 Å². The summed E-state index contributed by atoms with van der Waals surface area (Å²) in [5.41, 5.74) is 1.78. The smallest absolute Gasteiger partial charge is 0.324 e. The Balaban J connectivity index is 1.33. The van der Waals surface area contributed by atoms with Crippen LogP contribution in [0.2, 0.25) is 0 Å². The molecule has 8 nitrogen and oxygen atoms in total. The van der Waals surface area contributed by atoms with Gasteiger partial charge in [-0.2, -0.15) is 13.2 Å². The number of anilines is 3. The number of halogens is 3. The molecule has 0 aliphatic rings. The summed E-state index contributed by atoms with van der Waals surface area (Å²) in [7, 11) is 0.